The number of hydrogen-bond donors (Lipinski definition) is 2. The van der Waals surface area contributed by atoms with E-state index in [1.54, 1.807) is 61.1 Å². The molecule has 0 fully saturated rings. The molecule has 3 aromatic carbocycles. The fourth-order valence-electron chi connectivity index (χ4n) is 4.01. The average Bonchev–Trinajstić information content (AvgIpc) is 3.11. The zero-order valence-corrected chi connectivity index (χ0v) is 19.7. The highest BCUT2D eigenvalue weighted by Crippen LogP contribution is 2.31. The molecular weight excluding hydrogens is 460 g/mol. The molecule has 0 bridgehead atoms. The minimum absolute atomic E-state index is 0.0734. The molecule has 1 aliphatic heterocycles. The first-order valence-electron chi connectivity index (χ1n) is 11.4. The Bertz CT molecular complexity index is 1510. The van der Waals surface area contributed by atoms with Gasteiger partial charge in [0.2, 0.25) is 6.10 Å². The summed E-state index contributed by atoms with van der Waals surface area (Å²) in [6.07, 6.45) is -0.833. The molecule has 9 nitrogen and oxygen atoms in total. The number of fused-ring (bicyclic) bond motifs is 1. The van der Waals surface area contributed by atoms with E-state index < -0.39 is 17.9 Å². The molecule has 36 heavy (non-hydrogen) atoms. The smallest absolute Gasteiger partial charge is 0.295 e. The Morgan fingerprint density at radius 2 is 1.64 bits per heavy atom. The molecule has 0 radical (unpaired) electrons. The van der Waals surface area contributed by atoms with Crippen molar-refractivity contribution in [1.29, 1.82) is 0 Å². The number of rotatable bonds is 5. The van der Waals surface area contributed by atoms with Gasteiger partial charge in [-0.25, -0.2) is 4.68 Å². The molecule has 2 amide bonds. The molecule has 1 aromatic heterocycles. The molecule has 182 valence electrons. The SMILES string of the molecule is Cc1c(NC(=O)c2cccc(NC(=O)[C@@H]3COc4ccccc4O3)c2)c(=O)n(-c2ccccc2)n1C. The Kier molecular flexibility index (Phi) is 6.03. The molecule has 2 heterocycles. The van der Waals surface area contributed by atoms with Gasteiger partial charge in [0.1, 0.15) is 12.3 Å². The van der Waals surface area contributed by atoms with Gasteiger partial charge in [-0.3, -0.25) is 19.1 Å². The Labute approximate surface area is 206 Å². The van der Waals surface area contributed by atoms with Crippen LogP contribution in [-0.4, -0.2) is 33.9 Å². The first-order chi connectivity index (χ1) is 17.4. The predicted octanol–water partition coefficient (Wildman–Crippen LogP) is 3.52. The first kappa shape index (κ1) is 23.0. The van der Waals surface area contributed by atoms with Gasteiger partial charge in [-0.2, -0.15) is 0 Å². The van der Waals surface area contributed by atoms with Crippen LogP contribution < -0.4 is 25.7 Å². The van der Waals surface area contributed by atoms with Gasteiger partial charge in [0, 0.05) is 18.3 Å². The minimum atomic E-state index is -0.833. The van der Waals surface area contributed by atoms with Crippen molar-refractivity contribution in [3.05, 3.63) is 100 Å². The van der Waals surface area contributed by atoms with Gasteiger partial charge in [0.15, 0.2) is 11.5 Å². The summed E-state index contributed by atoms with van der Waals surface area (Å²) in [4.78, 5) is 38.9. The van der Waals surface area contributed by atoms with Crippen LogP contribution in [0.1, 0.15) is 16.1 Å². The number of carbonyl (C=O) groups is 2. The van der Waals surface area contributed by atoms with Crippen LogP contribution in [0.2, 0.25) is 0 Å². The summed E-state index contributed by atoms with van der Waals surface area (Å²) >= 11 is 0. The second-order valence-electron chi connectivity index (χ2n) is 8.32. The summed E-state index contributed by atoms with van der Waals surface area (Å²) in [7, 11) is 1.75. The van der Waals surface area contributed by atoms with Crippen LogP contribution in [0.15, 0.2) is 83.7 Å². The van der Waals surface area contributed by atoms with Crippen molar-refractivity contribution in [2.75, 3.05) is 17.2 Å². The molecule has 2 N–H and O–H groups in total. The summed E-state index contributed by atoms with van der Waals surface area (Å²) in [5.41, 5.74) is 1.85. The number of benzene rings is 3. The van der Waals surface area contributed by atoms with Crippen LogP contribution in [0, 0.1) is 6.92 Å². The van der Waals surface area contributed by atoms with Gasteiger partial charge in [-0.1, -0.05) is 36.4 Å². The number of amides is 2. The van der Waals surface area contributed by atoms with Gasteiger partial charge in [-0.15, -0.1) is 0 Å². The van der Waals surface area contributed by atoms with E-state index in [1.807, 2.05) is 36.4 Å². The summed E-state index contributed by atoms with van der Waals surface area (Å²) in [5.74, 6) is 0.217. The van der Waals surface area contributed by atoms with Crippen molar-refractivity contribution in [1.82, 2.24) is 9.36 Å². The standard InChI is InChI=1S/C27H24N4O5/c1-17-24(27(34)31(30(17)2)20-11-4-3-5-12-20)29-25(32)18-9-8-10-19(15-18)28-26(33)23-16-35-21-13-6-7-14-22(21)36-23/h3-15,23H,16H2,1-2H3,(H,28,33)(H,29,32)/t23-/m0/s1. The van der Waals surface area contributed by atoms with Crippen LogP contribution in [0.4, 0.5) is 11.4 Å². The fraction of sp³-hybridized carbons (Fsp3) is 0.148. The first-order valence-corrected chi connectivity index (χ1v) is 11.4. The number of nitrogens with zero attached hydrogens (tertiary/aromatic N) is 2. The maximum Gasteiger partial charge on any atom is 0.295 e. The third kappa shape index (κ3) is 4.34. The van der Waals surface area contributed by atoms with Crippen LogP contribution in [0.3, 0.4) is 0 Å². The molecular formula is C27H24N4O5. The molecule has 4 aromatic rings. The zero-order chi connectivity index (χ0) is 25.2. The summed E-state index contributed by atoms with van der Waals surface area (Å²) in [5, 5.41) is 5.50. The Morgan fingerprint density at radius 3 is 2.42 bits per heavy atom. The average molecular weight is 485 g/mol. The highest BCUT2D eigenvalue weighted by molar-refractivity contribution is 6.05. The quantitative estimate of drug-likeness (QED) is 0.451. The highest BCUT2D eigenvalue weighted by Gasteiger charge is 2.27. The lowest BCUT2D eigenvalue weighted by Crippen LogP contribution is -2.40. The number of hydrogen-bond acceptors (Lipinski definition) is 5. The van der Waals surface area contributed by atoms with Crippen LogP contribution >= 0.6 is 0 Å². The lowest BCUT2D eigenvalue weighted by molar-refractivity contribution is -0.125. The van der Waals surface area contributed by atoms with Crippen molar-refractivity contribution in [2.45, 2.75) is 13.0 Å². The van der Waals surface area contributed by atoms with E-state index in [0.29, 0.717) is 28.6 Å². The van der Waals surface area contributed by atoms with Crippen molar-refractivity contribution in [2.24, 2.45) is 7.05 Å². The predicted molar refractivity (Wildman–Crippen MR) is 135 cm³/mol. The zero-order valence-electron chi connectivity index (χ0n) is 19.7. The maximum absolute atomic E-state index is 13.1. The lowest BCUT2D eigenvalue weighted by Gasteiger charge is -2.25. The molecule has 0 saturated carbocycles. The van der Waals surface area contributed by atoms with Gasteiger partial charge in [-0.05, 0) is 49.4 Å². The van der Waals surface area contributed by atoms with E-state index >= 15 is 0 Å². The maximum atomic E-state index is 13.1. The van der Waals surface area contributed by atoms with Crippen molar-refractivity contribution < 1.29 is 19.1 Å². The number of aromatic nitrogens is 2. The lowest BCUT2D eigenvalue weighted by atomic mass is 10.1. The third-order valence-corrected chi connectivity index (χ3v) is 5.99. The van der Waals surface area contributed by atoms with Crippen LogP contribution in [-0.2, 0) is 11.8 Å². The highest BCUT2D eigenvalue weighted by atomic mass is 16.6. The topological polar surface area (TPSA) is 104 Å². The molecule has 1 atom stereocenters. The van der Waals surface area contributed by atoms with E-state index in [0.717, 1.165) is 0 Å². The largest absolute Gasteiger partial charge is 0.485 e. The number of anilines is 2. The summed E-state index contributed by atoms with van der Waals surface area (Å²) < 4.78 is 14.5. The molecule has 9 heteroatoms. The van der Waals surface area contributed by atoms with E-state index in [2.05, 4.69) is 10.6 Å². The number of para-hydroxylation sites is 3. The van der Waals surface area contributed by atoms with Gasteiger partial charge >= 0.3 is 0 Å². The van der Waals surface area contributed by atoms with E-state index in [1.165, 1.54) is 4.68 Å². The van der Waals surface area contributed by atoms with E-state index in [-0.39, 0.29) is 23.4 Å². The Morgan fingerprint density at radius 1 is 0.917 bits per heavy atom. The Hall–Kier alpha value is -4.79. The monoisotopic (exact) mass is 484 g/mol. The van der Waals surface area contributed by atoms with E-state index in [4.69, 9.17) is 9.47 Å². The summed E-state index contributed by atoms with van der Waals surface area (Å²) in [6.45, 7) is 1.83. The molecule has 1 aliphatic rings. The van der Waals surface area contributed by atoms with Crippen molar-refractivity contribution in [3.8, 4) is 17.2 Å². The van der Waals surface area contributed by atoms with Gasteiger partial charge < -0.3 is 20.1 Å². The van der Waals surface area contributed by atoms with Crippen LogP contribution in [0.25, 0.3) is 5.69 Å². The Balaban J connectivity index is 1.31. The second-order valence-corrected chi connectivity index (χ2v) is 8.32. The number of carbonyl (C=O) groups excluding carboxylic acids is 2. The summed E-state index contributed by atoms with van der Waals surface area (Å²) in [6, 6.07) is 22.8. The van der Waals surface area contributed by atoms with Crippen molar-refractivity contribution in [3.63, 3.8) is 0 Å². The molecule has 0 spiro atoms. The van der Waals surface area contributed by atoms with Crippen molar-refractivity contribution >= 4 is 23.2 Å². The van der Waals surface area contributed by atoms with Gasteiger partial charge in [0.05, 0.1) is 11.4 Å². The fourth-order valence-corrected chi connectivity index (χ4v) is 4.01. The third-order valence-electron chi connectivity index (χ3n) is 5.99. The molecule has 0 aliphatic carbocycles. The number of nitrogens with one attached hydrogen (secondary N) is 2. The number of ether oxygens (including phenoxy) is 2. The second kappa shape index (κ2) is 9.46. The van der Waals surface area contributed by atoms with E-state index in [9.17, 15) is 14.4 Å². The van der Waals surface area contributed by atoms with Gasteiger partial charge in [0.25, 0.3) is 17.4 Å². The minimum Gasteiger partial charge on any atom is -0.485 e. The molecule has 5 rings (SSSR count). The molecule has 0 saturated heterocycles. The molecule has 0 unspecified atom stereocenters. The van der Waals surface area contributed by atoms with Crippen LogP contribution in [0.5, 0.6) is 11.5 Å². The normalized spacial score (nSPS) is 14.2.